The van der Waals surface area contributed by atoms with Crippen LogP contribution in [0.2, 0.25) is 0 Å². The van der Waals surface area contributed by atoms with Gasteiger partial charge in [-0.3, -0.25) is 4.79 Å². The van der Waals surface area contributed by atoms with Gasteiger partial charge in [0.1, 0.15) is 0 Å². The third-order valence-electron chi connectivity index (χ3n) is 2.03. The van der Waals surface area contributed by atoms with Crippen LogP contribution in [-0.2, 0) is 4.79 Å². The number of aromatic nitrogens is 3. The second-order valence-electron chi connectivity index (χ2n) is 3.31. The molecule has 6 nitrogen and oxygen atoms in total. The predicted molar refractivity (Wildman–Crippen MR) is 75.3 cm³/mol. The fraction of sp³-hybridized carbons (Fsp3) is 0.100. The Labute approximate surface area is 120 Å². The summed E-state index contributed by atoms with van der Waals surface area (Å²) in [6.07, 6.45) is 0. The summed E-state index contributed by atoms with van der Waals surface area (Å²) in [4.78, 5) is 22.2. The summed E-state index contributed by atoms with van der Waals surface area (Å²) in [5.41, 5.74) is 0.276. The van der Waals surface area contributed by atoms with Gasteiger partial charge in [-0.2, -0.15) is 0 Å². The zero-order valence-electron chi connectivity index (χ0n) is 8.96. The van der Waals surface area contributed by atoms with Crippen LogP contribution in [0.25, 0.3) is 5.69 Å². The fourth-order valence-corrected chi connectivity index (χ4v) is 2.56. The molecule has 0 spiro atoms. The standard InChI is InChI=1S/C10H8IN3O3S/c11-6-2-1-3-7(4-6)14-9(17)12-13-10(14)18-5-8(15)16/h1-4H,5H2,(H,12,17)(H,15,16). The minimum absolute atomic E-state index is 0.145. The summed E-state index contributed by atoms with van der Waals surface area (Å²) < 4.78 is 2.34. The highest BCUT2D eigenvalue weighted by atomic mass is 127. The molecule has 0 amide bonds. The summed E-state index contributed by atoms with van der Waals surface area (Å²) in [6, 6.07) is 7.31. The third kappa shape index (κ3) is 2.93. The number of benzene rings is 1. The average molecular weight is 377 g/mol. The number of halogens is 1. The molecule has 2 rings (SSSR count). The predicted octanol–water partition coefficient (Wildman–Crippen LogP) is 1.34. The Morgan fingerprint density at radius 3 is 3.00 bits per heavy atom. The Morgan fingerprint density at radius 2 is 2.33 bits per heavy atom. The molecule has 0 aliphatic heterocycles. The lowest BCUT2D eigenvalue weighted by atomic mass is 10.3. The highest BCUT2D eigenvalue weighted by Gasteiger charge is 2.12. The van der Waals surface area contributed by atoms with Crippen molar-refractivity contribution in [2.24, 2.45) is 0 Å². The summed E-state index contributed by atoms with van der Waals surface area (Å²) in [5.74, 6) is -1.10. The van der Waals surface area contributed by atoms with Crippen LogP contribution >= 0.6 is 34.4 Å². The molecule has 0 saturated heterocycles. The van der Waals surface area contributed by atoms with Crippen molar-refractivity contribution in [3.63, 3.8) is 0 Å². The number of carbonyl (C=O) groups is 1. The molecule has 94 valence electrons. The molecule has 2 N–H and O–H groups in total. The lowest BCUT2D eigenvalue weighted by molar-refractivity contribution is -0.133. The maximum absolute atomic E-state index is 11.7. The van der Waals surface area contributed by atoms with Crippen molar-refractivity contribution in [3.8, 4) is 5.69 Å². The van der Waals surface area contributed by atoms with Crippen molar-refractivity contribution in [3.05, 3.63) is 38.3 Å². The number of hydrogen-bond donors (Lipinski definition) is 2. The van der Waals surface area contributed by atoms with Crippen LogP contribution in [0, 0.1) is 3.57 Å². The van der Waals surface area contributed by atoms with Gasteiger partial charge in [-0.15, -0.1) is 5.10 Å². The van der Waals surface area contributed by atoms with E-state index in [0.717, 1.165) is 15.3 Å². The number of nitrogens with zero attached hydrogens (tertiary/aromatic N) is 2. The molecule has 0 atom stereocenters. The normalized spacial score (nSPS) is 10.5. The van der Waals surface area contributed by atoms with Gasteiger partial charge >= 0.3 is 11.7 Å². The Hall–Kier alpha value is -1.29. The molecule has 1 aromatic heterocycles. The van der Waals surface area contributed by atoms with Gasteiger partial charge in [0.15, 0.2) is 5.16 Å². The summed E-state index contributed by atoms with van der Waals surface area (Å²) in [6.45, 7) is 0. The van der Waals surface area contributed by atoms with Crippen molar-refractivity contribution in [2.75, 3.05) is 5.75 Å². The van der Waals surface area contributed by atoms with E-state index >= 15 is 0 Å². The second kappa shape index (κ2) is 5.57. The molecule has 2 aromatic rings. The molecular weight excluding hydrogens is 369 g/mol. The van der Waals surface area contributed by atoms with Gasteiger partial charge < -0.3 is 5.11 Å². The maximum atomic E-state index is 11.7. The average Bonchev–Trinajstić information content (AvgIpc) is 2.68. The lowest BCUT2D eigenvalue weighted by Gasteiger charge is -2.04. The van der Waals surface area contributed by atoms with Crippen molar-refractivity contribution < 1.29 is 9.90 Å². The summed E-state index contributed by atoms with van der Waals surface area (Å²) >= 11 is 3.13. The van der Waals surface area contributed by atoms with Crippen molar-refractivity contribution in [2.45, 2.75) is 5.16 Å². The van der Waals surface area contributed by atoms with Gasteiger partial charge in [0, 0.05) is 3.57 Å². The Bertz CT molecular complexity index is 637. The Kier molecular flexibility index (Phi) is 4.07. The lowest BCUT2D eigenvalue weighted by Crippen LogP contribution is -2.16. The first-order valence-corrected chi connectivity index (χ1v) is 6.92. The smallest absolute Gasteiger partial charge is 0.348 e. The van der Waals surface area contributed by atoms with Crippen LogP contribution in [0.15, 0.2) is 34.2 Å². The van der Waals surface area contributed by atoms with E-state index in [0.29, 0.717) is 10.8 Å². The topological polar surface area (TPSA) is 88.0 Å². The van der Waals surface area contributed by atoms with Crippen LogP contribution in [-0.4, -0.2) is 31.6 Å². The van der Waals surface area contributed by atoms with Gasteiger partial charge in [-0.1, -0.05) is 17.8 Å². The van der Waals surface area contributed by atoms with Gasteiger partial charge in [0.05, 0.1) is 11.4 Å². The van der Waals surface area contributed by atoms with E-state index in [4.69, 9.17) is 5.11 Å². The SMILES string of the molecule is O=C(O)CSc1n[nH]c(=O)n1-c1cccc(I)c1. The van der Waals surface area contributed by atoms with Crippen molar-refractivity contribution in [1.29, 1.82) is 0 Å². The van der Waals surface area contributed by atoms with Crippen LogP contribution in [0.5, 0.6) is 0 Å². The molecule has 0 aliphatic carbocycles. The van der Waals surface area contributed by atoms with E-state index in [2.05, 4.69) is 32.8 Å². The molecule has 0 aliphatic rings. The maximum Gasteiger partial charge on any atom is 0.348 e. The summed E-state index contributed by atoms with van der Waals surface area (Å²) in [7, 11) is 0. The number of nitrogens with one attached hydrogen (secondary N) is 1. The highest BCUT2D eigenvalue weighted by Crippen LogP contribution is 2.18. The van der Waals surface area contributed by atoms with Gasteiger partial charge in [0.25, 0.3) is 0 Å². The molecule has 0 bridgehead atoms. The number of aromatic amines is 1. The summed E-state index contributed by atoms with van der Waals surface area (Å²) in [5, 5.41) is 15.1. The number of thioether (sulfide) groups is 1. The van der Waals surface area contributed by atoms with E-state index in [1.807, 2.05) is 18.2 Å². The molecule has 0 saturated carbocycles. The molecule has 8 heteroatoms. The molecule has 18 heavy (non-hydrogen) atoms. The van der Waals surface area contributed by atoms with E-state index in [1.165, 1.54) is 4.57 Å². The number of carboxylic acids is 1. The first-order chi connectivity index (χ1) is 8.58. The van der Waals surface area contributed by atoms with Crippen LogP contribution in [0.3, 0.4) is 0 Å². The molecule has 0 radical (unpaired) electrons. The minimum atomic E-state index is -0.954. The first-order valence-electron chi connectivity index (χ1n) is 4.86. The van der Waals surface area contributed by atoms with Gasteiger partial charge in [-0.05, 0) is 40.8 Å². The van der Waals surface area contributed by atoms with Gasteiger partial charge in [-0.25, -0.2) is 14.5 Å². The van der Waals surface area contributed by atoms with E-state index in [-0.39, 0.29) is 11.4 Å². The van der Waals surface area contributed by atoms with E-state index in [1.54, 1.807) is 6.07 Å². The number of H-pyrrole nitrogens is 1. The molecule has 0 fully saturated rings. The first kappa shape index (κ1) is 13.1. The van der Waals surface area contributed by atoms with Crippen LogP contribution < -0.4 is 5.69 Å². The quantitative estimate of drug-likeness (QED) is 0.620. The molecule has 1 heterocycles. The Balaban J connectivity index is 2.40. The highest BCUT2D eigenvalue weighted by molar-refractivity contribution is 14.1. The number of hydrogen-bond acceptors (Lipinski definition) is 4. The van der Waals surface area contributed by atoms with E-state index in [9.17, 15) is 9.59 Å². The van der Waals surface area contributed by atoms with Crippen LogP contribution in [0.4, 0.5) is 0 Å². The van der Waals surface area contributed by atoms with E-state index < -0.39 is 5.97 Å². The fourth-order valence-electron chi connectivity index (χ4n) is 1.35. The zero-order valence-corrected chi connectivity index (χ0v) is 11.9. The Morgan fingerprint density at radius 1 is 1.56 bits per heavy atom. The molecular formula is C10H8IN3O3S. The third-order valence-corrected chi connectivity index (χ3v) is 3.63. The van der Waals surface area contributed by atoms with Gasteiger partial charge in [0.2, 0.25) is 0 Å². The number of rotatable bonds is 4. The van der Waals surface area contributed by atoms with Crippen LogP contribution in [0.1, 0.15) is 0 Å². The monoisotopic (exact) mass is 377 g/mol. The zero-order chi connectivity index (χ0) is 13.1. The van der Waals surface area contributed by atoms with Crippen molar-refractivity contribution in [1.82, 2.24) is 14.8 Å². The minimum Gasteiger partial charge on any atom is -0.481 e. The largest absolute Gasteiger partial charge is 0.481 e. The molecule has 0 unspecified atom stereocenters. The number of carboxylic acid groups (broad SMARTS) is 1. The number of aliphatic carboxylic acids is 1. The molecule has 1 aromatic carbocycles. The second-order valence-corrected chi connectivity index (χ2v) is 5.50. The van der Waals surface area contributed by atoms with Crippen molar-refractivity contribution >= 4 is 40.3 Å².